The molecule has 0 saturated heterocycles. The first-order chi connectivity index (χ1) is 8.29. The molecule has 0 aromatic heterocycles. The van der Waals surface area contributed by atoms with Crippen molar-refractivity contribution in [2.45, 2.75) is 25.8 Å². The molecule has 0 amide bonds. The molecule has 0 bridgehead atoms. The van der Waals surface area contributed by atoms with Gasteiger partial charge in [-0.05, 0) is 48.9 Å². The van der Waals surface area contributed by atoms with Gasteiger partial charge in [-0.15, -0.1) is 0 Å². The quantitative estimate of drug-likeness (QED) is 0.876. The van der Waals surface area contributed by atoms with Crippen molar-refractivity contribution in [2.75, 3.05) is 13.2 Å². The van der Waals surface area contributed by atoms with Crippen LogP contribution in [0.25, 0.3) is 0 Å². The van der Waals surface area contributed by atoms with E-state index in [0.29, 0.717) is 18.4 Å². The molecule has 1 aromatic carbocycles. The van der Waals surface area contributed by atoms with Crippen molar-refractivity contribution >= 4 is 15.9 Å². The first-order valence-corrected chi connectivity index (χ1v) is 7.15. The summed E-state index contributed by atoms with van der Waals surface area (Å²) >= 11 is 3.44. The first kappa shape index (κ1) is 13.1. The van der Waals surface area contributed by atoms with E-state index < -0.39 is 0 Å². The normalized spacial score (nSPS) is 24.1. The predicted octanol–water partition coefficient (Wildman–Crippen LogP) is 2.95. The zero-order chi connectivity index (χ0) is 12.1. The van der Waals surface area contributed by atoms with Gasteiger partial charge >= 0.3 is 0 Å². The van der Waals surface area contributed by atoms with E-state index >= 15 is 0 Å². The molecule has 1 saturated carbocycles. The van der Waals surface area contributed by atoms with Crippen molar-refractivity contribution in [3.05, 3.63) is 34.3 Å². The zero-order valence-electron chi connectivity index (χ0n) is 10.0. The number of nitrogens with one attached hydrogen (secondary N) is 1. The second-order valence-corrected chi connectivity index (χ2v) is 5.81. The molecule has 2 N–H and O–H groups in total. The Morgan fingerprint density at radius 2 is 1.88 bits per heavy atom. The summed E-state index contributed by atoms with van der Waals surface area (Å²) in [5, 5.41) is 12.8. The Bertz CT molecular complexity index is 339. The predicted molar refractivity (Wildman–Crippen MR) is 73.8 cm³/mol. The van der Waals surface area contributed by atoms with Crippen molar-refractivity contribution in [1.82, 2.24) is 5.32 Å². The van der Waals surface area contributed by atoms with Gasteiger partial charge in [0.2, 0.25) is 0 Å². The number of aliphatic hydroxyl groups excluding tert-OH is 1. The van der Waals surface area contributed by atoms with Crippen LogP contribution in [-0.4, -0.2) is 18.3 Å². The molecule has 0 spiro atoms. The van der Waals surface area contributed by atoms with Crippen LogP contribution in [0.1, 0.15) is 24.8 Å². The van der Waals surface area contributed by atoms with Crippen LogP contribution in [0, 0.1) is 11.8 Å². The summed E-state index contributed by atoms with van der Waals surface area (Å²) in [6, 6.07) is 8.41. The lowest BCUT2D eigenvalue weighted by molar-refractivity contribution is 0.192. The number of aliphatic hydroxyl groups is 1. The molecule has 1 aromatic rings. The highest BCUT2D eigenvalue weighted by molar-refractivity contribution is 9.10. The smallest absolute Gasteiger partial charge is 0.0462 e. The number of halogens is 1. The minimum absolute atomic E-state index is 0.352. The second-order valence-electron chi connectivity index (χ2n) is 4.89. The maximum Gasteiger partial charge on any atom is 0.0462 e. The van der Waals surface area contributed by atoms with Crippen LogP contribution in [0.2, 0.25) is 0 Å². The van der Waals surface area contributed by atoms with Crippen LogP contribution in [0.4, 0.5) is 0 Å². The molecule has 0 aliphatic heterocycles. The zero-order valence-corrected chi connectivity index (χ0v) is 11.6. The van der Waals surface area contributed by atoms with Gasteiger partial charge in [-0.3, -0.25) is 0 Å². The van der Waals surface area contributed by atoms with E-state index in [4.69, 9.17) is 0 Å². The largest absolute Gasteiger partial charge is 0.396 e. The number of hydrogen-bond donors (Lipinski definition) is 2. The highest BCUT2D eigenvalue weighted by Crippen LogP contribution is 2.30. The van der Waals surface area contributed by atoms with Gasteiger partial charge in [-0.25, -0.2) is 0 Å². The van der Waals surface area contributed by atoms with E-state index in [0.717, 1.165) is 17.6 Å². The minimum atomic E-state index is 0.352. The van der Waals surface area contributed by atoms with Gasteiger partial charge in [-0.2, -0.15) is 0 Å². The van der Waals surface area contributed by atoms with Gasteiger partial charge in [0, 0.05) is 17.6 Å². The molecular weight excluding hydrogens is 278 g/mol. The van der Waals surface area contributed by atoms with Crippen LogP contribution in [0.5, 0.6) is 0 Å². The molecule has 3 heteroatoms. The van der Waals surface area contributed by atoms with Crippen molar-refractivity contribution in [3.63, 3.8) is 0 Å². The Hall–Kier alpha value is -0.380. The van der Waals surface area contributed by atoms with Gasteiger partial charge in [0.1, 0.15) is 0 Å². The van der Waals surface area contributed by atoms with E-state index in [1.165, 1.54) is 24.8 Å². The molecular formula is C14H20BrNO. The third-order valence-corrected chi connectivity index (χ3v) is 4.23. The number of rotatable bonds is 5. The Balaban J connectivity index is 1.74. The highest BCUT2D eigenvalue weighted by Gasteiger charge is 2.25. The average molecular weight is 298 g/mol. The van der Waals surface area contributed by atoms with Gasteiger partial charge in [0.05, 0.1) is 0 Å². The van der Waals surface area contributed by atoms with Crippen LogP contribution >= 0.6 is 15.9 Å². The summed E-state index contributed by atoms with van der Waals surface area (Å²) < 4.78 is 1.12. The summed E-state index contributed by atoms with van der Waals surface area (Å²) in [6.07, 6.45) is 3.73. The number of hydrogen-bond acceptors (Lipinski definition) is 2. The molecule has 2 unspecified atom stereocenters. The average Bonchev–Trinajstić information content (AvgIpc) is 2.79. The molecule has 2 rings (SSSR count). The monoisotopic (exact) mass is 297 g/mol. The van der Waals surface area contributed by atoms with Gasteiger partial charge < -0.3 is 10.4 Å². The molecule has 2 atom stereocenters. The third kappa shape index (κ3) is 3.80. The number of benzene rings is 1. The molecule has 0 radical (unpaired) electrons. The SMILES string of the molecule is OCC1CCCC1CNCc1ccc(Br)cc1. The molecule has 17 heavy (non-hydrogen) atoms. The Morgan fingerprint density at radius 3 is 2.59 bits per heavy atom. The summed E-state index contributed by atoms with van der Waals surface area (Å²) in [6.45, 7) is 2.30. The van der Waals surface area contributed by atoms with Crippen molar-refractivity contribution in [3.8, 4) is 0 Å². The first-order valence-electron chi connectivity index (χ1n) is 6.35. The van der Waals surface area contributed by atoms with Crippen LogP contribution in [0.3, 0.4) is 0 Å². The van der Waals surface area contributed by atoms with Crippen LogP contribution in [-0.2, 0) is 6.54 Å². The van der Waals surface area contributed by atoms with Crippen molar-refractivity contribution in [2.24, 2.45) is 11.8 Å². The Labute approximate surface area is 112 Å². The second kappa shape index (κ2) is 6.53. The maximum absolute atomic E-state index is 9.25. The summed E-state index contributed by atoms with van der Waals surface area (Å²) in [7, 11) is 0. The lowest BCUT2D eigenvalue weighted by atomic mass is 9.97. The Kier molecular flexibility index (Phi) is 5.01. The molecule has 2 nitrogen and oxygen atoms in total. The maximum atomic E-state index is 9.25. The Morgan fingerprint density at radius 1 is 1.18 bits per heavy atom. The van der Waals surface area contributed by atoms with Crippen LogP contribution in [0.15, 0.2) is 28.7 Å². The molecule has 94 valence electrons. The van der Waals surface area contributed by atoms with Crippen LogP contribution < -0.4 is 5.32 Å². The van der Waals surface area contributed by atoms with E-state index in [2.05, 4.69) is 45.5 Å². The molecule has 0 heterocycles. The van der Waals surface area contributed by atoms with E-state index in [-0.39, 0.29) is 0 Å². The molecule has 1 fully saturated rings. The topological polar surface area (TPSA) is 32.3 Å². The minimum Gasteiger partial charge on any atom is -0.396 e. The standard InChI is InChI=1S/C14H20BrNO/c15-14-6-4-11(5-7-14)8-16-9-12-2-1-3-13(12)10-17/h4-7,12-13,16-17H,1-3,8-10H2. The van der Waals surface area contributed by atoms with Crippen molar-refractivity contribution < 1.29 is 5.11 Å². The fraction of sp³-hybridized carbons (Fsp3) is 0.571. The van der Waals surface area contributed by atoms with E-state index in [1.807, 2.05) is 0 Å². The fourth-order valence-corrected chi connectivity index (χ4v) is 2.89. The lowest BCUT2D eigenvalue weighted by Crippen LogP contribution is -2.26. The fourth-order valence-electron chi connectivity index (χ4n) is 2.63. The van der Waals surface area contributed by atoms with Crippen molar-refractivity contribution in [1.29, 1.82) is 0 Å². The van der Waals surface area contributed by atoms with Gasteiger partial charge in [-0.1, -0.05) is 34.5 Å². The van der Waals surface area contributed by atoms with Gasteiger partial charge in [0.15, 0.2) is 0 Å². The van der Waals surface area contributed by atoms with E-state index in [9.17, 15) is 5.11 Å². The van der Waals surface area contributed by atoms with Gasteiger partial charge in [0.25, 0.3) is 0 Å². The third-order valence-electron chi connectivity index (χ3n) is 3.70. The van der Waals surface area contributed by atoms with E-state index in [1.54, 1.807) is 0 Å². The molecule has 1 aliphatic carbocycles. The summed E-state index contributed by atoms with van der Waals surface area (Å²) in [5.41, 5.74) is 1.31. The molecule has 1 aliphatic rings. The lowest BCUT2D eigenvalue weighted by Gasteiger charge is -2.17. The summed E-state index contributed by atoms with van der Waals surface area (Å²) in [5.74, 6) is 1.18. The highest BCUT2D eigenvalue weighted by atomic mass is 79.9. The summed E-state index contributed by atoms with van der Waals surface area (Å²) in [4.78, 5) is 0.